The predicted molar refractivity (Wildman–Crippen MR) is 112 cm³/mol. The molecule has 0 bridgehead atoms. The molecular weight excluding hydrogens is 352 g/mol. The summed E-state index contributed by atoms with van der Waals surface area (Å²) in [5.41, 5.74) is 1.82. The average Bonchev–Trinajstić information content (AvgIpc) is 3.00. The lowest BCUT2D eigenvalue weighted by Gasteiger charge is -2.39. The summed E-state index contributed by atoms with van der Waals surface area (Å²) in [4.78, 5) is 16.9. The molecule has 0 spiro atoms. The van der Waals surface area contributed by atoms with Crippen LogP contribution in [0.5, 0.6) is 0 Å². The van der Waals surface area contributed by atoms with Gasteiger partial charge in [0.1, 0.15) is 5.60 Å². The first-order valence-corrected chi connectivity index (χ1v) is 10.2. The van der Waals surface area contributed by atoms with Crippen LogP contribution in [0.25, 0.3) is 10.9 Å². The number of amides is 1. The molecule has 1 saturated heterocycles. The molecule has 2 atom stereocenters. The molecule has 0 saturated carbocycles. The number of piperidine rings is 1. The van der Waals surface area contributed by atoms with E-state index in [1.807, 2.05) is 36.5 Å². The van der Waals surface area contributed by atoms with Gasteiger partial charge in [-0.3, -0.25) is 4.68 Å². The molecule has 0 radical (unpaired) electrons. The summed E-state index contributed by atoms with van der Waals surface area (Å²) in [5.74, 6) is 0.487. The number of ether oxygens (including phenoxy) is 1. The van der Waals surface area contributed by atoms with Crippen LogP contribution in [-0.4, -0.2) is 58.5 Å². The molecular formula is C22H34N4O2. The van der Waals surface area contributed by atoms with E-state index in [1.165, 1.54) is 0 Å². The summed E-state index contributed by atoms with van der Waals surface area (Å²) in [6, 6.07) is 6.53. The van der Waals surface area contributed by atoms with E-state index in [0.29, 0.717) is 5.92 Å². The van der Waals surface area contributed by atoms with E-state index in [0.717, 1.165) is 48.9 Å². The molecule has 6 nitrogen and oxygen atoms in total. The molecule has 0 aliphatic carbocycles. The highest BCUT2D eigenvalue weighted by Gasteiger charge is 2.34. The quantitative estimate of drug-likeness (QED) is 0.786. The number of nitrogens with zero attached hydrogens (tertiary/aromatic N) is 4. The van der Waals surface area contributed by atoms with Gasteiger partial charge in [0.05, 0.1) is 24.3 Å². The number of benzene rings is 1. The molecule has 1 aliphatic heterocycles. The standard InChI is InChI=1S/C22H34N4O2/c1-16-7-9-19(25(15-16)21(27)28-22(2,3)4)17-8-10-20-18(13-17)14-23-26(20)12-11-24(5)6/h8,10,13-14,16,19H,7,9,11-12,15H2,1-6H3. The third-order valence-electron chi connectivity index (χ3n) is 5.26. The molecule has 154 valence electrons. The van der Waals surface area contributed by atoms with Crippen molar-refractivity contribution in [2.75, 3.05) is 27.2 Å². The Kier molecular flexibility index (Phi) is 5.98. The summed E-state index contributed by atoms with van der Waals surface area (Å²) in [6.45, 7) is 10.5. The fourth-order valence-electron chi connectivity index (χ4n) is 3.81. The minimum Gasteiger partial charge on any atom is -0.444 e. The number of likely N-dealkylation sites (tertiary alicyclic amines) is 1. The Morgan fingerprint density at radius 1 is 1.29 bits per heavy atom. The molecule has 1 amide bonds. The zero-order valence-corrected chi connectivity index (χ0v) is 18.1. The zero-order valence-electron chi connectivity index (χ0n) is 18.1. The van der Waals surface area contributed by atoms with Crippen LogP contribution >= 0.6 is 0 Å². The molecule has 1 aromatic carbocycles. The Morgan fingerprint density at radius 2 is 2.04 bits per heavy atom. The molecule has 3 rings (SSSR count). The van der Waals surface area contributed by atoms with Crippen LogP contribution in [0.2, 0.25) is 0 Å². The van der Waals surface area contributed by atoms with E-state index in [-0.39, 0.29) is 12.1 Å². The monoisotopic (exact) mass is 386 g/mol. The second-order valence-corrected chi connectivity index (χ2v) is 9.32. The van der Waals surface area contributed by atoms with Crippen LogP contribution in [0.15, 0.2) is 24.4 Å². The Hall–Kier alpha value is -2.08. The maximum absolute atomic E-state index is 12.8. The average molecular weight is 387 g/mol. The number of hydrogen-bond acceptors (Lipinski definition) is 4. The largest absolute Gasteiger partial charge is 0.444 e. The molecule has 1 aromatic heterocycles. The number of carbonyl (C=O) groups is 1. The Morgan fingerprint density at radius 3 is 2.71 bits per heavy atom. The number of likely N-dealkylation sites (N-methyl/N-ethyl adjacent to an activating group) is 1. The number of hydrogen-bond donors (Lipinski definition) is 0. The molecule has 28 heavy (non-hydrogen) atoms. The summed E-state index contributed by atoms with van der Waals surface area (Å²) >= 11 is 0. The van der Waals surface area contributed by atoms with E-state index in [1.54, 1.807) is 0 Å². The van der Waals surface area contributed by atoms with Crippen molar-refractivity contribution in [2.45, 2.75) is 58.7 Å². The SMILES string of the molecule is CC1CCC(c2ccc3c(cnn3CCN(C)C)c2)N(C(=O)OC(C)(C)C)C1. The number of carbonyl (C=O) groups excluding carboxylic acids is 1. The van der Waals surface area contributed by atoms with Gasteiger partial charge in [0.2, 0.25) is 0 Å². The van der Waals surface area contributed by atoms with Gasteiger partial charge < -0.3 is 14.5 Å². The highest BCUT2D eigenvalue weighted by molar-refractivity contribution is 5.80. The first kappa shape index (κ1) is 20.6. The molecule has 6 heteroatoms. The van der Waals surface area contributed by atoms with E-state index in [9.17, 15) is 4.79 Å². The van der Waals surface area contributed by atoms with Crippen molar-refractivity contribution < 1.29 is 9.53 Å². The van der Waals surface area contributed by atoms with E-state index >= 15 is 0 Å². The van der Waals surface area contributed by atoms with Gasteiger partial charge in [-0.2, -0.15) is 5.10 Å². The normalized spacial score (nSPS) is 20.8. The van der Waals surface area contributed by atoms with Crippen molar-refractivity contribution in [3.63, 3.8) is 0 Å². The predicted octanol–water partition coefficient (Wildman–Crippen LogP) is 4.31. The van der Waals surface area contributed by atoms with Crippen molar-refractivity contribution in [3.05, 3.63) is 30.0 Å². The first-order valence-electron chi connectivity index (χ1n) is 10.2. The van der Waals surface area contributed by atoms with Gasteiger partial charge in [-0.15, -0.1) is 0 Å². The second kappa shape index (κ2) is 8.11. The van der Waals surface area contributed by atoms with Gasteiger partial charge in [0, 0.05) is 18.5 Å². The summed E-state index contributed by atoms with van der Waals surface area (Å²) < 4.78 is 7.74. The van der Waals surface area contributed by atoms with Gasteiger partial charge in [-0.1, -0.05) is 13.0 Å². The van der Waals surface area contributed by atoms with Crippen LogP contribution in [-0.2, 0) is 11.3 Å². The molecule has 2 unspecified atom stereocenters. The van der Waals surface area contributed by atoms with Crippen LogP contribution in [0.1, 0.15) is 52.1 Å². The van der Waals surface area contributed by atoms with Crippen molar-refractivity contribution in [1.29, 1.82) is 0 Å². The van der Waals surface area contributed by atoms with Crippen LogP contribution in [0.4, 0.5) is 4.79 Å². The third-order valence-corrected chi connectivity index (χ3v) is 5.26. The summed E-state index contributed by atoms with van der Waals surface area (Å²) in [6.07, 6.45) is 3.79. The fourth-order valence-corrected chi connectivity index (χ4v) is 3.81. The second-order valence-electron chi connectivity index (χ2n) is 9.32. The highest BCUT2D eigenvalue weighted by atomic mass is 16.6. The Labute approximate surface area is 168 Å². The van der Waals surface area contributed by atoms with Crippen LogP contribution in [0, 0.1) is 5.92 Å². The van der Waals surface area contributed by atoms with Crippen molar-refractivity contribution in [2.24, 2.45) is 5.92 Å². The van der Waals surface area contributed by atoms with Gasteiger partial charge in [-0.05, 0) is 71.3 Å². The van der Waals surface area contributed by atoms with Crippen molar-refractivity contribution in [3.8, 4) is 0 Å². The fraction of sp³-hybridized carbons (Fsp3) is 0.636. The van der Waals surface area contributed by atoms with Crippen molar-refractivity contribution in [1.82, 2.24) is 19.6 Å². The number of fused-ring (bicyclic) bond motifs is 1. The van der Waals surface area contributed by atoms with Gasteiger partial charge in [0.25, 0.3) is 0 Å². The first-order chi connectivity index (χ1) is 13.1. The molecule has 2 heterocycles. The zero-order chi connectivity index (χ0) is 20.5. The molecule has 2 aromatic rings. The highest BCUT2D eigenvalue weighted by Crippen LogP contribution is 2.35. The number of aromatic nitrogens is 2. The Bertz CT molecular complexity index is 822. The number of rotatable bonds is 4. The van der Waals surface area contributed by atoms with Crippen molar-refractivity contribution >= 4 is 17.0 Å². The lowest BCUT2D eigenvalue weighted by Crippen LogP contribution is -2.44. The van der Waals surface area contributed by atoms with Gasteiger partial charge >= 0.3 is 6.09 Å². The molecule has 0 N–H and O–H groups in total. The van der Waals surface area contributed by atoms with Gasteiger partial charge in [-0.25, -0.2) is 4.79 Å². The van der Waals surface area contributed by atoms with E-state index in [2.05, 4.69) is 49.2 Å². The van der Waals surface area contributed by atoms with E-state index in [4.69, 9.17) is 4.74 Å². The maximum Gasteiger partial charge on any atom is 0.410 e. The van der Waals surface area contributed by atoms with Gasteiger partial charge in [0.15, 0.2) is 0 Å². The smallest absolute Gasteiger partial charge is 0.410 e. The minimum atomic E-state index is -0.486. The molecule has 1 aliphatic rings. The minimum absolute atomic E-state index is 0.0561. The summed E-state index contributed by atoms with van der Waals surface area (Å²) in [7, 11) is 4.14. The lowest BCUT2D eigenvalue weighted by atomic mass is 9.90. The summed E-state index contributed by atoms with van der Waals surface area (Å²) in [5, 5.41) is 5.68. The van der Waals surface area contributed by atoms with Crippen LogP contribution in [0.3, 0.4) is 0 Å². The topological polar surface area (TPSA) is 50.6 Å². The lowest BCUT2D eigenvalue weighted by molar-refractivity contribution is 0.00365. The molecule has 1 fully saturated rings. The Balaban J connectivity index is 1.85. The third kappa shape index (κ3) is 4.85. The van der Waals surface area contributed by atoms with Crippen LogP contribution < -0.4 is 0 Å². The maximum atomic E-state index is 12.8. The van der Waals surface area contributed by atoms with E-state index < -0.39 is 5.60 Å².